The summed E-state index contributed by atoms with van der Waals surface area (Å²) in [7, 11) is 1.61. The van der Waals surface area contributed by atoms with Gasteiger partial charge in [0.05, 0.1) is 0 Å². The topological polar surface area (TPSA) is 105 Å². The van der Waals surface area contributed by atoms with E-state index in [1.54, 1.807) is 26.1 Å². The maximum atomic E-state index is 13.0. The molecule has 2 unspecified atom stereocenters. The molecule has 0 spiro atoms. The van der Waals surface area contributed by atoms with Crippen molar-refractivity contribution in [1.29, 1.82) is 0 Å². The third kappa shape index (κ3) is 4.21. The maximum Gasteiger partial charge on any atom is 0.387 e. The van der Waals surface area contributed by atoms with E-state index in [0.717, 1.165) is 11.1 Å². The lowest BCUT2D eigenvalue weighted by Gasteiger charge is -2.35. The molecule has 1 aliphatic heterocycles. The van der Waals surface area contributed by atoms with Crippen LogP contribution in [0.5, 0.6) is 5.75 Å². The largest absolute Gasteiger partial charge is 0.478 e. The molecular weight excluding hydrogens is 432 g/mol. The molecule has 1 saturated carbocycles. The molecule has 1 heterocycles. The van der Waals surface area contributed by atoms with E-state index in [-0.39, 0.29) is 17.6 Å². The van der Waals surface area contributed by atoms with Gasteiger partial charge in [-0.2, -0.15) is 8.78 Å². The summed E-state index contributed by atoms with van der Waals surface area (Å²) in [5, 5.41) is 12.3. The van der Waals surface area contributed by atoms with E-state index in [2.05, 4.69) is 10.1 Å². The molecule has 174 valence electrons. The van der Waals surface area contributed by atoms with Crippen LogP contribution in [0.3, 0.4) is 0 Å². The van der Waals surface area contributed by atoms with Crippen LogP contribution in [0.15, 0.2) is 59.7 Å². The van der Waals surface area contributed by atoms with Crippen molar-refractivity contribution in [3.8, 4) is 5.75 Å². The molecule has 2 aromatic rings. The van der Waals surface area contributed by atoms with Gasteiger partial charge in [0.25, 0.3) is 0 Å². The van der Waals surface area contributed by atoms with Crippen LogP contribution in [0.1, 0.15) is 48.4 Å². The van der Waals surface area contributed by atoms with E-state index in [9.17, 15) is 18.4 Å². The highest BCUT2D eigenvalue weighted by atomic mass is 19.3. The first-order chi connectivity index (χ1) is 15.6. The molecule has 4 rings (SSSR count). The highest BCUT2D eigenvalue weighted by Crippen LogP contribution is 2.44. The lowest BCUT2D eigenvalue weighted by Crippen LogP contribution is -2.55. The zero-order valence-corrected chi connectivity index (χ0v) is 18.2. The van der Waals surface area contributed by atoms with Crippen molar-refractivity contribution >= 4 is 11.9 Å². The van der Waals surface area contributed by atoms with E-state index >= 15 is 0 Å². The zero-order valence-electron chi connectivity index (χ0n) is 18.2. The van der Waals surface area contributed by atoms with E-state index in [0.29, 0.717) is 29.5 Å². The number of carbonyl (C=O) groups excluding carboxylic acids is 1. The number of allylic oxidation sites excluding steroid dienone is 1. The maximum absolute atomic E-state index is 13.0. The van der Waals surface area contributed by atoms with E-state index < -0.39 is 24.4 Å². The number of alkyl halides is 2. The summed E-state index contributed by atoms with van der Waals surface area (Å²) in [5.74, 6) is -2.22. The van der Waals surface area contributed by atoms with Gasteiger partial charge < -0.3 is 14.7 Å². The molecular formula is C24H25F2N3O4. The predicted molar refractivity (Wildman–Crippen MR) is 116 cm³/mol. The molecule has 4 N–H and O–H groups in total. The van der Waals surface area contributed by atoms with Crippen molar-refractivity contribution in [2.24, 2.45) is 5.73 Å². The lowest BCUT2D eigenvalue weighted by atomic mass is 9.73. The quantitative estimate of drug-likeness (QED) is 0.574. The summed E-state index contributed by atoms with van der Waals surface area (Å²) >= 11 is 0. The van der Waals surface area contributed by atoms with Gasteiger partial charge >= 0.3 is 12.6 Å². The highest BCUT2D eigenvalue weighted by molar-refractivity contribution is 5.87. The van der Waals surface area contributed by atoms with Gasteiger partial charge in [-0.05, 0) is 48.9 Å². The minimum absolute atomic E-state index is 0.00585. The summed E-state index contributed by atoms with van der Waals surface area (Å²) < 4.78 is 29.2. The average Bonchev–Trinajstić information content (AvgIpc) is 2.98. The molecule has 1 amide bonds. The second-order valence-electron chi connectivity index (χ2n) is 8.45. The fourth-order valence-corrected chi connectivity index (χ4v) is 4.35. The number of amides is 1. The Morgan fingerprint density at radius 3 is 2.48 bits per heavy atom. The second-order valence-corrected chi connectivity index (χ2v) is 8.45. The summed E-state index contributed by atoms with van der Waals surface area (Å²) in [6, 6.07) is 12.7. The number of nitrogens with zero attached hydrogens (tertiary/aromatic N) is 1. The molecule has 2 atom stereocenters. The van der Waals surface area contributed by atoms with Gasteiger partial charge in [-0.3, -0.25) is 15.8 Å². The predicted octanol–water partition coefficient (Wildman–Crippen LogP) is 3.44. The summed E-state index contributed by atoms with van der Waals surface area (Å²) in [5.41, 5.74) is 10.3. The van der Waals surface area contributed by atoms with Crippen molar-refractivity contribution in [2.75, 3.05) is 7.05 Å². The second kappa shape index (κ2) is 8.57. The first kappa shape index (κ1) is 22.9. The van der Waals surface area contributed by atoms with Gasteiger partial charge in [-0.15, -0.1) is 0 Å². The SMILES string of the molecule is CC(C(=O)O)=C1CC(c2cccc(C3(N)NC(c4ccc(OC(F)F)cc4)C(=O)N3C)c2)C1. The molecule has 2 fully saturated rings. The third-order valence-corrected chi connectivity index (χ3v) is 6.54. The van der Waals surface area contributed by atoms with Crippen molar-refractivity contribution in [3.63, 3.8) is 0 Å². The molecule has 0 radical (unpaired) electrons. The van der Waals surface area contributed by atoms with Gasteiger partial charge in [-0.25, -0.2) is 4.79 Å². The van der Waals surface area contributed by atoms with Gasteiger partial charge in [-0.1, -0.05) is 42.0 Å². The molecule has 2 aromatic carbocycles. The number of halogens is 2. The van der Waals surface area contributed by atoms with Crippen LogP contribution in [0.2, 0.25) is 0 Å². The lowest BCUT2D eigenvalue weighted by molar-refractivity contribution is -0.133. The zero-order chi connectivity index (χ0) is 23.9. The third-order valence-electron chi connectivity index (χ3n) is 6.54. The van der Waals surface area contributed by atoms with Gasteiger partial charge in [0.1, 0.15) is 11.8 Å². The molecule has 0 aromatic heterocycles. The van der Waals surface area contributed by atoms with Crippen LogP contribution in [-0.2, 0) is 15.4 Å². The number of nitrogens with two attached hydrogens (primary N) is 1. The smallest absolute Gasteiger partial charge is 0.387 e. The molecule has 33 heavy (non-hydrogen) atoms. The number of aliphatic carboxylic acids is 1. The number of rotatable bonds is 6. The van der Waals surface area contributed by atoms with E-state index in [1.807, 2.05) is 24.3 Å². The molecule has 7 nitrogen and oxygen atoms in total. The van der Waals surface area contributed by atoms with Crippen molar-refractivity contribution in [1.82, 2.24) is 10.2 Å². The fourth-order valence-electron chi connectivity index (χ4n) is 4.35. The number of likely N-dealkylation sites (N-methyl/N-ethyl adjacent to an activating group) is 1. The Kier molecular flexibility index (Phi) is 5.94. The number of benzene rings is 2. The number of hydrogen-bond donors (Lipinski definition) is 3. The Hall–Kier alpha value is -3.30. The summed E-state index contributed by atoms with van der Waals surface area (Å²) in [6.07, 6.45) is 1.36. The highest BCUT2D eigenvalue weighted by Gasteiger charge is 2.48. The first-order valence-electron chi connectivity index (χ1n) is 10.5. The number of ether oxygens (including phenoxy) is 1. The number of hydrogen-bond acceptors (Lipinski definition) is 5. The van der Waals surface area contributed by atoms with Crippen LogP contribution >= 0.6 is 0 Å². The minimum atomic E-state index is -2.92. The van der Waals surface area contributed by atoms with Crippen molar-refractivity contribution in [3.05, 3.63) is 76.4 Å². The Bertz CT molecular complexity index is 1110. The molecule has 0 bridgehead atoms. The standard InChI is InChI=1S/C24H25F2N3O4/c1-13(22(31)32)16-10-17(11-16)15-4-3-5-18(12-15)24(27)28-20(21(30)29(24)2)14-6-8-19(9-7-14)33-23(25)26/h3-9,12,17,20,23,28H,10-11,27H2,1-2H3,(H,31,32). The molecule has 2 aliphatic rings. The molecule has 9 heteroatoms. The van der Waals surface area contributed by atoms with Gasteiger partial charge in [0.2, 0.25) is 5.91 Å². The van der Waals surface area contributed by atoms with E-state index in [4.69, 9.17) is 10.8 Å². The summed E-state index contributed by atoms with van der Waals surface area (Å²) in [6.45, 7) is -1.30. The Labute approximate surface area is 189 Å². The van der Waals surface area contributed by atoms with Gasteiger partial charge in [0, 0.05) is 18.2 Å². The Morgan fingerprint density at radius 2 is 1.88 bits per heavy atom. The van der Waals surface area contributed by atoms with Gasteiger partial charge in [0.15, 0.2) is 5.79 Å². The Morgan fingerprint density at radius 1 is 1.21 bits per heavy atom. The minimum Gasteiger partial charge on any atom is -0.478 e. The fraction of sp³-hybridized carbons (Fsp3) is 0.333. The summed E-state index contributed by atoms with van der Waals surface area (Å²) in [4.78, 5) is 25.6. The van der Waals surface area contributed by atoms with Crippen LogP contribution in [0.4, 0.5) is 8.78 Å². The van der Waals surface area contributed by atoms with Crippen LogP contribution < -0.4 is 15.8 Å². The van der Waals surface area contributed by atoms with Crippen molar-refractivity contribution in [2.45, 2.75) is 44.1 Å². The van der Waals surface area contributed by atoms with E-state index in [1.165, 1.54) is 17.0 Å². The number of carboxylic acids is 1. The average molecular weight is 457 g/mol. The normalized spacial score (nSPS) is 24.7. The Balaban J connectivity index is 1.55. The first-order valence-corrected chi connectivity index (χ1v) is 10.5. The number of carbonyl (C=O) groups is 2. The van der Waals surface area contributed by atoms with Crippen molar-refractivity contribution < 1.29 is 28.2 Å². The number of nitrogens with one attached hydrogen (secondary N) is 1. The van der Waals surface area contributed by atoms with Crippen LogP contribution in [-0.4, -0.2) is 35.5 Å². The molecule has 1 aliphatic carbocycles. The van der Waals surface area contributed by atoms with Crippen LogP contribution in [0.25, 0.3) is 0 Å². The monoisotopic (exact) mass is 457 g/mol. The molecule has 1 saturated heterocycles. The van der Waals surface area contributed by atoms with Crippen LogP contribution in [0, 0.1) is 0 Å². The number of carboxylic acid groups (broad SMARTS) is 1.